The molecule has 0 radical (unpaired) electrons. The van der Waals surface area contributed by atoms with Gasteiger partial charge < -0.3 is 15.2 Å². The van der Waals surface area contributed by atoms with E-state index in [1.54, 1.807) is 12.1 Å². The van der Waals surface area contributed by atoms with Crippen LogP contribution >= 0.6 is 0 Å². The Kier molecular flexibility index (Phi) is 6.52. The van der Waals surface area contributed by atoms with Crippen molar-refractivity contribution in [3.8, 4) is 0 Å². The summed E-state index contributed by atoms with van der Waals surface area (Å²) in [5.41, 5.74) is 0.876. The van der Waals surface area contributed by atoms with Gasteiger partial charge >= 0.3 is 5.97 Å². The Hall–Kier alpha value is -1.95. The summed E-state index contributed by atoms with van der Waals surface area (Å²) in [6.45, 7) is 1.29. The number of hydrogen-bond donors (Lipinski definition) is 2. The zero-order valence-corrected chi connectivity index (χ0v) is 13.0. The predicted octanol–water partition coefficient (Wildman–Crippen LogP) is 2.00. The third kappa shape index (κ3) is 5.63. The van der Waals surface area contributed by atoms with E-state index in [-0.39, 0.29) is 30.6 Å². The predicted molar refractivity (Wildman–Crippen MR) is 82.4 cm³/mol. The van der Waals surface area contributed by atoms with E-state index in [1.807, 2.05) is 0 Å². The van der Waals surface area contributed by atoms with Gasteiger partial charge in [-0.3, -0.25) is 9.59 Å². The molecule has 1 atom stereocenters. The molecule has 0 aliphatic carbocycles. The highest BCUT2D eigenvalue weighted by Crippen LogP contribution is 2.23. The fourth-order valence-electron chi connectivity index (χ4n) is 2.79. The molecule has 23 heavy (non-hydrogen) atoms. The highest BCUT2D eigenvalue weighted by molar-refractivity contribution is 5.77. The van der Waals surface area contributed by atoms with Gasteiger partial charge in [0, 0.05) is 26.2 Å². The Morgan fingerprint density at radius 2 is 1.91 bits per heavy atom. The van der Waals surface area contributed by atoms with Crippen molar-refractivity contribution in [2.45, 2.75) is 25.7 Å². The fraction of sp³-hybridized carbons (Fsp3) is 0.529. The lowest BCUT2D eigenvalue weighted by Gasteiger charge is -2.27. The van der Waals surface area contributed by atoms with Crippen LogP contribution in [0.3, 0.4) is 0 Å². The molecule has 1 heterocycles. The third-order valence-corrected chi connectivity index (χ3v) is 4.23. The molecule has 1 aromatic rings. The van der Waals surface area contributed by atoms with Gasteiger partial charge in [-0.05, 0) is 42.9 Å². The molecule has 0 saturated carbocycles. The van der Waals surface area contributed by atoms with E-state index < -0.39 is 11.9 Å². The number of benzene rings is 1. The van der Waals surface area contributed by atoms with Gasteiger partial charge in [0.2, 0.25) is 5.91 Å². The van der Waals surface area contributed by atoms with E-state index in [9.17, 15) is 19.1 Å². The van der Waals surface area contributed by atoms with E-state index >= 15 is 0 Å². The van der Waals surface area contributed by atoms with Crippen LogP contribution in [0.1, 0.15) is 24.8 Å². The standard InChI is InChI=1S/C17H22FNO4/c18-14-4-1-12(2-5-14)3-6-16(20)19-11-15(17(21)22)13-7-9-23-10-8-13/h1-2,4-5,13,15H,3,6-11H2,(H,19,20)(H,21,22). The molecule has 1 fully saturated rings. The topological polar surface area (TPSA) is 75.6 Å². The van der Waals surface area contributed by atoms with E-state index in [0.29, 0.717) is 32.5 Å². The number of halogens is 1. The van der Waals surface area contributed by atoms with Crippen molar-refractivity contribution in [3.63, 3.8) is 0 Å². The van der Waals surface area contributed by atoms with Crippen molar-refractivity contribution in [3.05, 3.63) is 35.6 Å². The van der Waals surface area contributed by atoms with Crippen LogP contribution in [0.5, 0.6) is 0 Å². The van der Waals surface area contributed by atoms with E-state index in [2.05, 4.69) is 5.32 Å². The number of aryl methyl sites for hydroxylation is 1. The molecule has 2 rings (SSSR count). The lowest BCUT2D eigenvalue weighted by molar-refractivity contribution is -0.144. The maximum absolute atomic E-state index is 12.8. The largest absolute Gasteiger partial charge is 0.481 e. The lowest BCUT2D eigenvalue weighted by Crippen LogP contribution is -2.39. The van der Waals surface area contributed by atoms with Gasteiger partial charge in [0.15, 0.2) is 0 Å². The molecule has 6 heteroatoms. The molecule has 1 unspecified atom stereocenters. The maximum Gasteiger partial charge on any atom is 0.308 e. The normalized spacial score (nSPS) is 16.7. The number of hydrogen-bond acceptors (Lipinski definition) is 3. The fourth-order valence-corrected chi connectivity index (χ4v) is 2.79. The van der Waals surface area contributed by atoms with Crippen LogP contribution in [0.25, 0.3) is 0 Å². The minimum Gasteiger partial charge on any atom is -0.481 e. The number of aliphatic carboxylic acids is 1. The molecule has 2 N–H and O–H groups in total. The second-order valence-electron chi connectivity index (χ2n) is 5.83. The van der Waals surface area contributed by atoms with Gasteiger partial charge in [0.1, 0.15) is 5.82 Å². The Morgan fingerprint density at radius 1 is 1.26 bits per heavy atom. The van der Waals surface area contributed by atoms with Crippen molar-refractivity contribution < 1.29 is 23.8 Å². The second kappa shape index (κ2) is 8.62. The molecule has 1 saturated heterocycles. The summed E-state index contributed by atoms with van der Waals surface area (Å²) in [5, 5.41) is 12.1. The lowest BCUT2D eigenvalue weighted by atomic mass is 9.86. The number of carbonyl (C=O) groups is 2. The van der Waals surface area contributed by atoms with Gasteiger partial charge in [-0.2, -0.15) is 0 Å². The quantitative estimate of drug-likeness (QED) is 0.805. The van der Waals surface area contributed by atoms with Gasteiger partial charge in [0.25, 0.3) is 0 Å². The monoisotopic (exact) mass is 323 g/mol. The molecule has 0 bridgehead atoms. The number of amides is 1. The summed E-state index contributed by atoms with van der Waals surface area (Å²) in [6, 6.07) is 6.01. The first-order chi connectivity index (χ1) is 11.1. The molecule has 1 aromatic carbocycles. The number of carbonyl (C=O) groups excluding carboxylic acids is 1. The summed E-state index contributed by atoms with van der Waals surface area (Å²) in [4.78, 5) is 23.3. The first-order valence-electron chi connectivity index (χ1n) is 7.88. The summed E-state index contributed by atoms with van der Waals surface area (Å²) in [7, 11) is 0. The Labute approximate surface area is 134 Å². The molecule has 0 spiro atoms. The van der Waals surface area contributed by atoms with Gasteiger partial charge in [-0.1, -0.05) is 12.1 Å². The van der Waals surface area contributed by atoms with Gasteiger partial charge in [-0.25, -0.2) is 4.39 Å². The van der Waals surface area contributed by atoms with E-state index in [1.165, 1.54) is 12.1 Å². The van der Waals surface area contributed by atoms with Crippen molar-refractivity contribution in [2.24, 2.45) is 11.8 Å². The first kappa shape index (κ1) is 17.4. The number of carboxylic acids is 1. The molecule has 0 aromatic heterocycles. The van der Waals surface area contributed by atoms with Crippen molar-refractivity contribution in [1.29, 1.82) is 0 Å². The minimum atomic E-state index is -0.879. The zero-order valence-electron chi connectivity index (χ0n) is 13.0. The van der Waals surface area contributed by atoms with Crippen LogP contribution in [0.2, 0.25) is 0 Å². The second-order valence-corrected chi connectivity index (χ2v) is 5.83. The van der Waals surface area contributed by atoms with Crippen molar-refractivity contribution in [1.82, 2.24) is 5.32 Å². The Morgan fingerprint density at radius 3 is 2.52 bits per heavy atom. The molecule has 1 aliphatic heterocycles. The number of carboxylic acid groups (broad SMARTS) is 1. The van der Waals surface area contributed by atoms with Crippen molar-refractivity contribution in [2.75, 3.05) is 19.8 Å². The van der Waals surface area contributed by atoms with Gasteiger partial charge in [0.05, 0.1) is 5.92 Å². The Balaban J connectivity index is 1.77. The maximum atomic E-state index is 12.8. The van der Waals surface area contributed by atoms with Crippen LogP contribution in [-0.4, -0.2) is 36.7 Å². The average molecular weight is 323 g/mol. The van der Waals surface area contributed by atoms with Crippen LogP contribution in [-0.2, 0) is 20.7 Å². The molecular formula is C17H22FNO4. The molecule has 5 nitrogen and oxygen atoms in total. The first-order valence-corrected chi connectivity index (χ1v) is 7.88. The minimum absolute atomic E-state index is 0.0404. The van der Waals surface area contributed by atoms with Crippen molar-refractivity contribution >= 4 is 11.9 Å². The number of nitrogens with one attached hydrogen (secondary N) is 1. The summed E-state index contributed by atoms with van der Waals surface area (Å²) < 4.78 is 18.0. The van der Waals surface area contributed by atoms with E-state index in [4.69, 9.17) is 4.74 Å². The molecule has 126 valence electrons. The summed E-state index contributed by atoms with van der Waals surface area (Å²) >= 11 is 0. The van der Waals surface area contributed by atoms with Crippen LogP contribution in [0.4, 0.5) is 4.39 Å². The Bertz CT molecular complexity index is 526. The summed E-state index contributed by atoms with van der Waals surface area (Å²) in [5.74, 6) is -1.91. The smallest absolute Gasteiger partial charge is 0.308 e. The molecular weight excluding hydrogens is 301 g/mol. The third-order valence-electron chi connectivity index (χ3n) is 4.23. The number of ether oxygens (including phenoxy) is 1. The van der Waals surface area contributed by atoms with E-state index in [0.717, 1.165) is 5.56 Å². The highest BCUT2D eigenvalue weighted by atomic mass is 19.1. The molecule has 1 amide bonds. The summed E-state index contributed by atoms with van der Waals surface area (Å²) in [6.07, 6.45) is 2.18. The van der Waals surface area contributed by atoms with Crippen LogP contribution in [0.15, 0.2) is 24.3 Å². The zero-order chi connectivity index (χ0) is 16.7. The number of rotatable bonds is 7. The van der Waals surface area contributed by atoms with Gasteiger partial charge in [-0.15, -0.1) is 0 Å². The van der Waals surface area contributed by atoms with Crippen LogP contribution in [0, 0.1) is 17.7 Å². The SMILES string of the molecule is O=C(CCc1ccc(F)cc1)NCC(C(=O)O)C1CCOCC1. The average Bonchev–Trinajstić information content (AvgIpc) is 2.55. The highest BCUT2D eigenvalue weighted by Gasteiger charge is 2.29. The molecule has 1 aliphatic rings. The van der Waals surface area contributed by atoms with Crippen LogP contribution < -0.4 is 5.32 Å².